The number of hydrogen-bond donors (Lipinski definition) is 1. The van der Waals surface area contributed by atoms with E-state index in [0.717, 1.165) is 5.57 Å². The maximum Gasteiger partial charge on any atom is 0.0633 e. The van der Waals surface area contributed by atoms with Crippen LogP contribution >= 0.6 is 23.2 Å². The Labute approximate surface area is 83.7 Å². The van der Waals surface area contributed by atoms with Gasteiger partial charge in [-0.1, -0.05) is 41.9 Å². The Kier molecular flexibility index (Phi) is 6.17. The number of allylic oxidation sites excluding steroid dienone is 3. The van der Waals surface area contributed by atoms with Gasteiger partial charge in [0.25, 0.3) is 0 Å². The molecule has 0 radical (unpaired) electrons. The fraction of sp³-hybridized carbons (Fsp3) is 0.333. The molecule has 0 aliphatic rings. The van der Waals surface area contributed by atoms with Crippen LogP contribution in [0.5, 0.6) is 0 Å². The Morgan fingerprint density at radius 3 is 2.42 bits per heavy atom. The number of halogens is 2. The Morgan fingerprint density at radius 1 is 1.50 bits per heavy atom. The predicted molar refractivity (Wildman–Crippen MR) is 56.6 cm³/mol. The van der Waals surface area contributed by atoms with E-state index in [2.05, 4.69) is 11.9 Å². The van der Waals surface area contributed by atoms with Crippen molar-refractivity contribution in [2.24, 2.45) is 0 Å². The lowest BCUT2D eigenvalue weighted by molar-refractivity contribution is 0.894. The van der Waals surface area contributed by atoms with Gasteiger partial charge >= 0.3 is 0 Å². The molecule has 0 unspecified atom stereocenters. The average molecular weight is 206 g/mol. The third-order valence-electron chi connectivity index (χ3n) is 1.36. The smallest absolute Gasteiger partial charge is 0.0633 e. The first kappa shape index (κ1) is 11.8. The number of rotatable bonds is 4. The van der Waals surface area contributed by atoms with Gasteiger partial charge in [-0.2, -0.15) is 0 Å². The van der Waals surface area contributed by atoms with Crippen molar-refractivity contribution in [2.45, 2.75) is 6.92 Å². The summed E-state index contributed by atoms with van der Waals surface area (Å²) in [4.78, 5) is 0. The highest BCUT2D eigenvalue weighted by molar-refractivity contribution is 6.44. The molecule has 0 aromatic rings. The summed E-state index contributed by atoms with van der Waals surface area (Å²) in [6.07, 6.45) is 3.45. The van der Waals surface area contributed by atoms with Crippen molar-refractivity contribution in [3.63, 3.8) is 0 Å². The summed E-state index contributed by atoms with van der Waals surface area (Å²) in [5, 5.41) is 4.10. The first-order chi connectivity index (χ1) is 5.67. The summed E-state index contributed by atoms with van der Waals surface area (Å²) in [5.41, 5.74) is 0.905. The van der Waals surface area contributed by atoms with E-state index >= 15 is 0 Å². The fourth-order valence-corrected chi connectivity index (χ4v) is 1.08. The number of likely N-dealkylation sites (N-methyl/N-ethyl adjacent to an activating group) is 1. The fourth-order valence-electron chi connectivity index (χ4n) is 0.710. The molecule has 0 fully saturated rings. The van der Waals surface area contributed by atoms with Crippen LogP contribution in [0.1, 0.15) is 6.92 Å². The Bertz CT molecular complexity index is 217. The lowest BCUT2D eigenvalue weighted by Crippen LogP contribution is -2.10. The zero-order chi connectivity index (χ0) is 9.56. The molecular weight excluding hydrogens is 193 g/mol. The standard InChI is InChI=1S/C9H13Cl2N/c1-4-7(6-12-3)9(11)8(10)5-2/h4-5,12H,1,6H2,2-3H3/b8-5+,9-7-. The molecule has 12 heavy (non-hydrogen) atoms. The second-order valence-electron chi connectivity index (χ2n) is 2.21. The normalized spacial score (nSPS) is 14.2. The van der Waals surface area contributed by atoms with Crippen LogP contribution in [0.2, 0.25) is 0 Å². The van der Waals surface area contributed by atoms with Crippen molar-refractivity contribution >= 4 is 23.2 Å². The van der Waals surface area contributed by atoms with Gasteiger partial charge < -0.3 is 5.32 Å². The zero-order valence-corrected chi connectivity index (χ0v) is 8.84. The van der Waals surface area contributed by atoms with Crippen molar-refractivity contribution in [2.75, 3.05) is 13.6 Å². The molecule has 0 aromatic heterocycles. The van der Waals surface area contributed by atoms with Gasteiger partial charge in [-0.3, -0.25) is 0 Å². The maximum absolute atomic E-state index is 5.94. The second kappa shape index (κ2) is 6.30. The summed E-state index contributed by atoms with van der Waals surface area (Å²) in [7, 11) is 1.84. The molecule has 3 heteroatoms. The van der Waals surface area contributed by atoms with Gasteiger partial charge in [0.15, 0.2) is 0 Å². The van der Waals surface area contributed by atoms with Crippen LogP contribution in [-0.4, -0.2) is 13.6 Å². The predicted octanol–water partition coefficient (Wildman–Crippen LogP) is 3.03. The molecule has 0 aliphatic heterocycles. The van der Waals surface area contributed by atoms with E-state index in [1.165, 1.54) is 0 Å². The molecule has 0 saturated heterocycles. The molecule has 0 heterocycles. The minimum absolute atomic E-state index is 0.557. The van der Waals surface area contributed by atoms with E-state index in [4.69, 9.17) is 23.2 Å². The average Bonchev–Trinajstić information content (AvgIpc) is 2.11. The Hall–Kier alpha value is -0.240. The van der Waals surface area contributed by atoms with Gasteiger partial charge in [0.1, 0.15) is 0 Å². The van der Waals surface area contributed by atoms with Crippen molar-refractivity contribution in [3.05, 3.63) is 34.4 Å². The molecule has 0 amide bonds. The van der Waals surface area contributed by atoms with Crippen LogP contribution in [0.3, 0.4) is 0 Å². The molecule has 0 spiro atoms. The van der Waals surface area contributed by atoms with Crippen LogP contribution < -0.4 is 5.32 Å². The molecule has 1 nitrogen and oxygen atoms in total. The van der Waals surface area contributed by atoms with Crippen LogP contribution in [0, 0.1) is 0 Å². The van der Waals surface area contributed by atoms with Gasteiger partial charge in [0.2, 0.25) is 0 Å². The van der Waals surface area contributed by atoms with Crippen molar-refractivity contribution in [3.8, 4) is 0 Å². The van der Waals surface area contributed by atoms with E-state index in [9.17, 15) is 0 Å². The summed E-state index contributed by atoms with van der Waals surface area (Å²) in [5.74, 6) is 0. The maximum atomic E-state index is 5.94. The lowest BCUT2D eigenvalue weighted by atomic mass is 10.2. The van der Waals surface area contributed by atoms with Gasteiger partial charge in [-0.05, 0) is 19.5 Å². The third-order valence-corrected chi connectivity index (χ3v) is 2.31. The SMILES string of the molecule is C=C/C(CNC)=C(Cl)\C(Cl)=C/C. The first-order valence-electron chi connectivity index (χ1n) is 3.65. The lowest BCUT2D eigenvalue weighted by Gasteiger charge is -2.04. The van der Waals surface area contributed by atoms with Crippen LogP contribution in [0.25, 0.3) is 0 Å². The summed E-state index contributed by atoms with van der Waals surface area (Å²) in [6.45, 7) is 6.16. The van der Waals surface area contributed by atoms with E-state index in [-0.39, 0.29) is 0 Å². The van der Waals surface area contributed by atoms with Crippen molar-refractivity contribution in [1.82, 2.24) is 5.32 Å². The molecule has 68 valence electrons. The zero-order valence-electron chi connectivity index (χ0n) is 7.32. The summed E-state index contributed by atoms with van der Waals surface area (Å²) < 4.78 is 0. The monoisotopic (exact) mass is 205 g/mol. The molecule has 0 rings (SSSR count). The molecule has 0 atom stereocenters. The minimum Gasteiger partial charge on any atom is -0.316 e. The summed E-state index contributed by atoms with van der Waals surface area (Å²) in [6, 6.07) is 0. The van der Waals surface area contributed by atoms with Gasteiger partial charge in [-0.25, -0.2) is 0 Å². The van der Waals surface area contributed by atoms with Gasteiger partial charge in [0, 0.05) is 6.54 Å². The number of nitrogens with one attached hydrogen (secondary N) is 1. The molecule has 0 bridgehead atoms. The third kappa shape index (κ3) is 3.44. The van der Waals surface area contributed by atoms with E-state index < -0.39 is 0 Å². The van der Waals surface area contributed by atoms with Crippen LogP contribution in [-0.2, 0) is 0 Å². The van der Waals surface area contributed by atoms with Crippen molar-refractivity contribution < 1.29 is 0 Å². The number of hydrogen-bond acceptors (Lipinski definition) is 1. The molecule has 0 aliphatic carbocycles. The summed E-state index contributed by atoms with van der Waals surface area (Å²) >= 11 is 11.8. The molecule has 1 N–H and O–H groups in total. The largest absolute Gasteiger partial charge is 0.316 e. The first-order valence-corrected chi connectivity index (χ1v) is 4.40. The molecule has 0 saturated carbocycles. The van der Waals surface area contributed by atoms with E-state index in [1.807, 2.05) is 14.0 Å². The highest BCUT2D eigenvalue weighted by atomic mass is 35.5. The van der Waals surface area contributed by atoms with Crippen LogP contribution in [0.15, 0.2) is 34.4 Å². The molecule has 0 aromatic carbocycles. The molecular formula is C9H13Cl2N. The van der Waals surface area contributed by atoms with Crippen LogP contribution in [0.4, 0.5) is 0 Å². The van der Waals surface area contributed by atoms with E-state index in [1.54, 1.807) is 12.2 Å². The van der Waals surface area contributed by atoms with Crippen molar-refractivity contribution in [1.29, 1.82) is 0 Å². The highest BCUT2D eigenvalue weighted by Gasteiger charge is 2.02. The minimum atomic E-state index is 0.557. The Balaban J connectivity index is 4.70. The van der Waals surface area contributed by atoms with Gasteiger partial charge in [0.05, 0.1) is 10.1 Å². The topological polar surface area (TPSA) is 12.0 Å². The Morgan fingerprint density at radius 2 is 2.08 bits per heavy atom. The quantitative estimate of drug-likeness (QED) is 0.697. The highest BCUT2D eigenvalue weighted by Crippen LogP contribution is 2.22. The van der Waals surface area contributed by atoms with E-state index in [0.29, 0.717) is 16.6 Å². The second-order valence-corrected chi connectivity index (χ2v) is 3.00. The van der Waals surface area contributed by atoms with Gasteiger partial charge in [-0.15, -0.1) is 0 Å².